The molecule has 30 heavy (non-hydrogen) atoms. The van der Waals surface area contributed by atoms with E-state index in [0.717, 1.165) is 10.8 Å². The SMILES string of the molecule is CC(C)(C)N(O)c1ccccn1.CN(C)c1ccnc(N(O)C(C)(C)C)c1.[CH3-].[CH3-].[Zr+3]. The van der Waals surface area contributed by atoms with Crippen molar-refractivity contribution in [3.05, 3.63) is 57.6 Å². The van der Waals surface area contributed by atoms with Gasteiger partial charge in [-0.05, 0) is 59.7 Å². The Morgan fingerprint density at radius 2 is 1.20 bits per heavy atom. The second-order valence-corrected chi connectivity index (χ2v) is 8.42. The van der Waals surface area contributed by atoms with Gasteiger partial charge in [0, 0.05) is 38.2 Å². The molecule has 0 amide bonds. The summed E-state index contributed by atoms with van der Waals surface area (Å²) in [6.45, 7) is 11.5. The fraction of sp³-hybridized carbons (Fsp3) is 0.455. The molecule has 0 aliphatic rings. The molecule has 8 heteroatoms. The molecular weight excluding hydrogens is 457 g/mol. The number of anilines is 3. The topological polar surface area (TPSA) is 76.0 Å². The summed E-state index contributed by atoms with van der Waals surface area (Å²) in [7, 11) is 3.91. The quantitative estimate of drug-likeness (QED) is 0.451. The predicted octanol–water partition coefficient (Wildman–Crippen LogP) is 5.12. The summed E-state index contributed by atoms with van der Waals surface area (Å²) in [5.41, 5.74) is 0.357. The molecule has 167 valence electrons. The van der Waals surface area contributed by atoms with Crippen LogP contribution in [-0.2, 0) is 26.2 Å². The molecular formula is C22H39N5O2Zr+. The van der Waals surface area contributed by atoms with Gasteiger partial charge in [0.2, 0.25) is 0 Å². The second-order valence-electron chi connectivity index (χ2n) is 8.42. The van der Waals surface area contributed by atoms with Crippen LogP contribution in [0.4, 0.5) is 17.3 Å². The standard InChI is InChI=1S/C11H19N3O.C9H14N2O.2CH3.Zr/c1-11(2,3)14(15)10-8-9(13(4)5)6-7-12-10;1-9(2,3)11(12)8-6-4-5-7-10-8;;;/h6-8,15H,1-5H3;4-7,12H,1-3H3;2*1H3;/q;;2*-1;+3. The van der Waals surface area contributed by atoms with Gasteiger partial charge < -0.3 is 19.8 Å². The van der Waals surface area contributed by atoms with Crippen LogP contribution >= 0.6 is 0 Å². The molecule has 2 aromatic rings. The van der Waals surface area contributed by atoms with E-state index < -0.39 is 0 Å². The molecule has 0 spiro atoms. The fourth-order valence-corrected chi connectivity index (χ4v) is 1.97. The molecule has 0 fully saturated rings. The van der Waals surface area contributed by atoms with Crippen LogP contribution in [0.2, 0.25) is 0 Å². The van der Waals surface area contributed by atoms with E-state index in [4.69, 9.17) is 0 Å². The van der Waals surface area contributed by atoms with Crippen molar-refractivity contribution in [3.8, 4) is 0 Å². The van der Waals surface area contributed by atoms with Gasteiger partial charge in [0.1, 0.15) is 0 Å². The summed E-state index contributed by atoms with van der Waals surface area (Å²) in [5, 5.41) is 21.9. The van der Waals surface area contributed by atoms with Crippen molar-refractivity contribution in [2.75, 3.05) is 29.1 Å². The molecule has 2 heterocycles. The second kappa shape index (κ2) is 13.7. The first kappa shape index (κ1) is 33.1. The Morgan fingerprint density at radius 3 is 1.60 bits per heavy atom. The molecule has 2 aromatic heterocycles. The molecule has 0 aliphatic heterocycles. The van der Waals surface area contributed by atoms with Crippen LogP contribution in [0.15, 0.2) is 42.7 Å². The summed E-state index contributed by atoms with van der Waals surface area (Å²) in [6.07, 6.45) is 3.35. The van der Waals surface area contributed by atoms with Gasteiger partial charge in [-0.2, -0.15) is 0 Å². The van der Waals surface area contributed by atoms with Gasteiger partial charge in [-0.25, -0.2) is 20.1 Å². The Balaban J connectivity index is -0.000000450. The largest absolute Gasteiger partial charge is 3.00 e. The smallest absolute Gasteiger partial charge is 0.378 e. The van der Waals surface area contributed by atoms with E-state index in [9.17, 15) is 10.4 Å². The van der Waals surface area contributed by atoms with Gasteiger partial charge >= 0.3 is 26.2 Å². The van der Waals surface area contributed by atoms with Crippen molar-refractivity contribution in [2.24, 2.45) is 0 Å². The van der Waals surface area contributed by atoms with E-state index in [1.165, 1.54) is 5.06 Å². The van der Waals surface area contributed by atoms with Crippen molar-refractivity contribution in [2.45, 2.75) is 52.6 Å². The molecule has 0 bridgehead atoms. The number of nitrogens with zero attached hydrogens (tertiary/aromatic N) is 5. The summed E-state index contributed by atoms with van der Waals surface area (Å²) in [6, 6.07) is 9.19. The molecule has 0 saturated carbocycles. The third kappa shape index (κ3) is 10.5. The molecule has 0 saturated heterocycles. The molecule has 0 atom stereocenters. The number of hydroxylamine groups is 2. The maximum Gasteiger partial charge on any atom is 3.00 e. The molecule has 0 aromatic carbocycles. The van der Waals surface area contributed by atoms with Crippen LogP contribution in [0.1, 0.15) is 41.5 Å². The summed E-state index contributed by atoms with van der Waals surface area (Å²) >= 11 is 0. The van der Waals surface area contributed by atoms with Crippen LogP contribution in [0.25, 0.3) is 0 Å². The van der Waals surface area contributed by atoms with E-state index >= 15 is 0 Å². The van der Waals surface area contributed by atoms with Crippen molar-refractivity contribution < 1.29 is 36.6 Å². The van der Waals surface area contributed by atoms with E-state index in [2.05, 4.69) is 9.97 Å². The Bertz CT molecular complexity index is 701. The Labute approximate surface area is 202 Å². The zero-order chi connectivity index (χ0) is 20.8. The fourth-order valence-electron chi connectivity index (χ4n) is 1.97. The van der Waals surface area contributed by atoms with Crippen LogP contribution in [0, 0.1) is 14.9 Å². The Kier molecular flexibility index (Phi) is 15.2. The monoisotopic (exact) mass is 495 g/mol. The number of hydrogen-bond donors (Lipinski definition) is 2. The van der Waals surface area contributed by atoms with Crippen LogP contribution in [0.5, 0.6) is 0 Å². The zero-order valence-corrected chi connectivity index (χ0v) is 22.6. The van der Waals surface area contributed by atoms with E-state index in [-0.39, 0.29) is 52.1 Å². The predicted molar refractivity (Wildman–Crippen MR) is 124 cm³/mol. The number of rotatable bonds is 3. The minimum Gasteiger partial charge on any atom is -0.378 e. The first-order valence-electron chi connectivity index (χ1n) is 8.86. The first-order valence-corrected chi connectivity index (χ1v) is 8.86. The minimum absolute atomic E-state index is 0. The first-order chi connectivity index (χ1) is 12.3. The molecule has 2 N–H and O–H groups in total. The van der Waals surface area contributed by atoms with Crippen molar-refractivity contribution in [1.29, 1.82) is 0 Å². The third-order valence-corrected chi connectivity index (χ3v) is 3.60. The van der Waals surface area contributed by atoms with Crippen LogP contribution < -0.4 is 15.0 Å². The summed E-state index contributed by atoms with van der Waals surface area (Å²) < 4.78 is 0. The van der Waals surface area contributed by atoms with Gasteiger partial charge in [0.25, 0.3) is 0 Å². The molecule has 0 unspecified atom stereocenters. The van der Waals surface area contributed by atoms with Gasteiger partial charge in [-0.15, -0.1) is 0 Å². The van der Waals surface area contributed by atoms with E-state index in [1.54, 1.807) is 18.5 Å². The van der Waals surface area contributed by atoms with Gasteiger partial charge in [0.05, 0.1) is 11.1 Å². The van der Waals surface area contributed by atoms with Crippen molar-refractivity contribution in [1.82, 2.24) is 9.97 Å². The van der Waals surface area contributed by atoms with Crippen LogP contribution in [-0.4, -0.2) is 45.6 Å². The number of pyridine rings is 2. The van der Waals surface area contributed by atoms with Gasteiger partial charge in [0.15, 0.2) is 11.6 Å². The summed E-state index contributed by atoms with van der Waals surface area (Å²) in [5.74, 6) is 1.14. The minimum atomic E-state index is -0.349. The maximum absolute atomic E-state index is 9.92. The van der Waals surface area contributed by atoms with Crippen molar-refractivity contribution in [3.63, 3.8) is 0 Å². The number of aromatic nitrogens is 2. The molecule has 1 radical (unpaired) electrons. The van der Waals surface area contributed by atoms with E-state index in [1.807, 2.05) is 84.8 Å². The average molecular weight is 497 g/mol. The van der Waals surface area contributed by atoms with Crippen molar-refractivity contribution >= 4 is 17.3 Å². The third-order valence-electron chi connectivity index (χ3n) is 3.60. The summed E-state index contributed by atoms with van der Waals surface area (Å²) in [4.78, 5) is 10.1. The molecule has 2 rings (SSSR count). The van der Waals surface area contributed by atoms with Crippen LogP contribution in [0.3, 0.4) is 0 Å². The number of hydrogen-bond acceptors (Lipinski definition) is 7. The Morgan fingerprint density at radius 1 is 0.733 bits per heavy atom. The average Bonchev–Trinajstić information content (AvgIpc) is 2.60. The zero-order valence-electron chi connectivity index (χ0n) is 20.2. The molecule has 0 aliphatic carbocycles. The van der Waals surface area contributed by atoms with E-state index in [0.29, 0.717) is 11.6 Å². The Hall–Kier alpha value is -1.50. The van der Waals surface area contributed by atoms with Gasteiger partial charge in [-0.3, -0.25) is 10.4 Å². The van der Waals surface area contributed by atoms with Gasteiger partial charge in [-0.1, -0.05) is 6.07 Å². The maximum atomic E-state index is 9.92. The molecule has 7 nitrogen and oxygen atoms in total. The normalized spacial score (nSPS) is 10.2.